The van der Waals surface area contributed by atoms with Crippen molar-refractivity contribution >= 4 is 11.9 Å². The SMILES string of the molecule is CCN(CCC(=O)O)C(=O)C1CC1c1ccccc1C. The zero-order valence-corrected chi connectivity index (χ0v) is 12.0. The highest BCUT2D eigenvalue weighted by atomic mass is 16.4. The van der Waals surface area contributed by atoms with Crippen LogP contribution in [0.4, 0.5) is 0 Å². The van der Waals surface area contributed by atoms with E-state index in [0.717, 1.165) is 6.42 Å². The van der Waals surface area contributed by atoms with E-state index in [-0.39, 0.29) is 18.2 Å². The Kier molecular flexibility index (Phi) is 4.42. The highest BCUT2D eigenvalue weighted by Gasteiger charge is 2.45. The summed E-state index contributed by atoms with van der Waals surface area (Å²) in [6, 6.07) is 8.16. The number of amides is 1. The van der Waals surface area contributed by atoms with Gasteiger partial charge in [0.1, 0.15) is 0 Å². The molecular weight excluding hydrogens is 254 g/mol. The zero-order valence-electron chi connectivity index (χ0n) is 12.0. The van der Waals surface area contributed by atoms with E-state index in [1.165, 1.54) is 11.1 Å². The highest BCUT2D eigenvalue weighted by molar-refractivity contribution is 5.83. The smallest absolute Gasteiger partial charge is 0.305 e. The Morgan fingerprint density at radius 1 is 1.35 bits per heavy atom. The van der Waals surface area contributed by atoms with Crippen LogP contribution >= 0.6 is 0 Å². The third kappa shape index (κ3) is 3.18. The van der Waals surface area contributed by atoms with E-state index in [1.54, 1.807) is 4.90 Å². The minimum atomic E-state index is -0.859. The fourth-order valence-corrected chi connectivity index (χ4v) is 2.70. The molecule has 20 heavy (non-hydrogen) atoms. The monoisotopic (exact) mass is 275 g/mol. The van der Waals surface area contributed by atoms with Crippen molar-refractivity contribution in [2.24, 2.45) is 5.92 Å². The first-order valence-corrected chi connectivity index (χ1v) is 7.10. The average Bonchev–Trinajstić information content (AvgIpc) is 3.19. The largest absolute Gasteiger partial charge is 0.481 e. The van der Waals surface area contributed by atoms with Crippen LogP contribution in [0.1, 0.15) is 36.8 Å². The molecule has 2 unspecified atom stereocenters. The molecule has 1 aromatic rings. The van der Waals surface area contributed by atoms with Crippen molar-refractivity contribution < 1.29 is 14.7 Å². The molecule has 4 heteroatoms. The molecule has 108 valence electrons. The Morgan fingerprint density at radius 3 is 2.65 bits per heavy atom. The van der Waals surface area contributed by atoms with Gasteiger partial charge in [-0.25, -0.2) is 0 Å². The summed E-state index contributed by atoms with van der Waals surface area (Å²) in [5.74, 6) is -0.420. The fraction of sp³-hybridized carbons (Fsp3) is 0.500. The number of hydrogen-bond acceptors (Lipinski definition) is 2. The molecule has 2 rings (SSSR count). The summed E-state index contributed by atoms with van der Waals surface area (Å²) in [4.78, 5) is 24.7. The van der Waals surface area contributed by atoms with Crippen molar-refractivity contribution in [2.75, 3.05) is 13.1 Å². The van der Waals surface area contributed by atoms with Crippen LogP contribution in [0.25, 0.3) is 0 Å². The van der Waals surface area contributed by atoms with Gasteiger partial charge in [-0.15, -0.1) is 0 Å². The molecule has 1 aromatic carbocycles. The number of carboxylic acids is 1. The summed E-state index contributed by atoms with van der Waals surface area (Å²) in [5, 5.41) is 8.72. The Labute approximate surface area is 119 Å². The third-order valence-corrected chi connectivity index (χ3v) is 3.98. The van der Waals surface area contributed by atoms with E-state index in [9.17, 15) is 9.59 Å². The number of carbonyl (C=O) groups excluding carboxylic acids is 1. The molecule has 1 aliphatic rings. The van der Waals surface area contributed by atoms with Crippen molar-refractivity contribution in [1.82, 2.24) is 4.90 Å². The summed E-state index contributed by atoms with van der Waals surface area (Å²) < 4.78 is 0. The predicted octanol–water partition coefficient (Wildman–Crippen LogP) is 2.42. The maximum Gasteiger partial charge on any atom is 0.305 e. The van der Waals surface area contributed by atoms with Gasteiger partial charge in [-0.1, -0.05) is 24.3 Å². The molecule has 0 spiro atoms. The first kappa shape index (κ1) is 14.6. The number of hydrogen-bond donors (Lipinski definition) is 1. The second kappa shape index (κ2) is 6.07. The lowest BCUT2D eigenvalue weighted by Gasteiger charge is -2.20. The highest BCUT2D eigenvalue weighted by Crippen LogP contribution is 2.49. The van der Waals surface area contributed by atoms with E-state index in [0.29, 0.717) is 19.0 Å². The molecule has 1 amide bonds. The molecule has 1 saturated carbocycles. The van der Waals surface area contributed by atoms with E-state index in [2.05, 4.69) is 19.1 Å². The van der Waals surface area contributed by atoms with Gasteiger partial charge in [0.05, 0.1) is 6.42 Å². The predicted molar refractivity (Wildman–Crippen MR) is 76.5 cm³/mol. The van der Waals surface area contributed by atoms with E-state index in [4.69, 9.17) is 5.11 Å². The van der Waals surface area contributed by atoms with Gasteiger partial charge >= 0.3 is 5.97 Å². The first-order chi connectivity index (χ1) is 9.54. The molecule has 0 aliphatic heterocycles. The molecule has 2 atom stereocenters. The van der Waals surface area contributed by atoms with Crippen molar-refractivity contribution in [3.8, 4) is 0 Å². The number of aliphatic carboxylic acids is 1. The molecule has 4 nitrogen and oxygen atoms in total. The van der Waals surface area contributed by atoms with Gasteiger partial charge in [-0.2, -0.15) is 0 Å². The third-order valence-electron chi connectivity index (χ3n) is 3.98. The van der Waals surface area contributed by atoms with Crippen LogP contribution < -0.4 is 0 Å². The molecule has 0 heterocycles. The van der Waals surface area contributed by atoms with Gasteiger partial charge in [0.15, 0.2) is 0 Å². The summed E-state index contributed by atoms with van der Waals surface area (Å²) in [6.07, 6.45) is 0.897. The van der Waals surface area contributed by atoms with E-state index < -0.39 is 5.97 Å². The molecule has 0 bridgehead atoms. The average molecular weight is 275 g/mol. The van der Waals surface area contributed by atoms with Crippen molar-refractivity contribution in [3.63, 3.8) is 0 Å². The molecule has 0 aromatic heterocycles. The first-order valence-electron chi connectivity index (χ1n) is 7.10. The summed E-state index contributed by atoms with van der Waals surface area (Å²) in [7, 11) is 0. The number of nitrogens with zero attached hydrogens (tertiary/aromatic N) is 1. The fourth-order valence-electron chi connectivity index (χ4n) is 2.70. The number of rotatable bonds is 6. The van der Waals surface area contributed by atoms with Gasteiger partial charge in [-0.3, -0.25) is 9.59 Å². The minimum Gasteiger partial charge on any atom is -0.481 e. The molecular formula is C16H21NO3. The summed E-state index contributed by atoms with van der Waals surface area (Å²) >= 11 is 0. The molecule has 1 aliphatic carbocycles. The number of benzene rings is 1. The normalized spacial score (nSPS) is 20.5. The molecule has 0 saturated heterocycles. The van der Waals surface area contributed by atoms with Crippen LogP contribution in [0, 0.1) is 12.8 Å². The van der Waals surface area contributed by atoms with Crippen LogP contribution in [-0.4, -0.2) is 35.0 Å². The van der Waals surface area contributed by atoms with Crippen LogP contribution in [0.15, 0.2) is 24.3 Å². The maximum atomic E-state index is 12.4. The van der Waals surface area contributed by atoms with Crippen molar-refractivity contribution in [3.05, 3.63) is 35.4 Å². The molecule has 1 N–H and O–H groups in total. The number of carboxylic acid groups (broad SMARTS) is 1. The number of aryl methyl sites for hydroxylation is 1. The van der Waals surface area contributed by atoms with E-state index in [1.807, 2.05) is 19.1 Å². The van der Waals surface area contributed by atoms with Crippen LogP contribution in [-0.2, 0) is 9.59 Å². The van der Waals surface area contributed by atoms with Crippen molar-refractivity contribution in [1.29, 1.82) is 0 Å². The topological polar surface area (TPSA) is 57.6 Å². The van der Waals surface area contributed by atoms with Gasteiger partial charge < -0.3 is 10.0 Å². The lowest BCUT2D eigenvalue weighted by Crippen LogP contribution is -2.34. The van der Waals surface area contributed by atoms with Crippen LogP contribution in [0.2, 0.25) is 0 Å². The Balaban J connectivity index is 1.98. The van der Waals surface area contributed by atoms with Gasteiger partial charge in [0, 0.05) is 19.0 Å². The summed E-state index contributed by atoms with van der Waals surface area (Å²) in [6.45, 7) is 4.84. The second-order valence-electron chi connectivity index (χ2n) is 5.37. The van der Waals surface area contributed by atoms with Crippen molar-refractivity contribution in [2.45, 2.75) is 32.6 Å². The van der Waals surface area contributed by atoms with E-state index >= 15 is 0 Å². The Hall–Kier alpha value is -1.84. The Morgan fingerprint density at radius 2 is 2.05 bits per heavy atom. The minimum absolute atomic E-state index is 0.0152. The number of carbonyl (C=O) groups is 2. The molecule has 0 radical (unpaired) electrons. The van der Waals surface area contributed by atoms with Gasteiger partial charge in [-0.05, 0) is 37.3 Å². The quantitative estimate of drug-likeness (QED) is 0.867. The zero-order chi connectivity index (χ0) is 14.7. The second-order valence-corrected chi connectivity index (χ2v) is 5.37. The van der Waals surface area contributed by atoms with Crippen LogP contribution in [0.5, 0.6) is 0 Å². The maximum absolute atomic E-state index is 12.4. The molecule has 1 fully saturated rings. The van der Waals surface area contributed by atoms with Gasteiger partial charge in [0.2, 0.25) is 5.91 Å². The van der Waals surface area contributed by atoms with Crippen LogP contribution in [0.3, 0.4) is 0 Å². The Bertz CT molecular complexity index is 512. The van der Waals surface area contributed by atoms with Gasteiger partial charge in [0.25, 0.3) is 0 Å². The standard InChI is InChI=1S/C16H21NO3/c1-3-17(9-8-15(18)19)16(20)14-10-13(14)12-7-5-4-6-11(12)2/h4-7,13-14H,3,8-10H2,1-2H3,(H,18,19). The lowest BCUT2D eigenvalue weighted by molar-refractivity contribution is -0.138. The summed E-state index contributed by atoms with van der Waals surface area (Å²) in [5.41, 5.74) is 2.47. The lowest BCUT2D eigenvalue weighted by atomic mass is 10.0.